The number of nitrogen functional groups attached to an aromatic ring is 2. The average Bonchev–Trinajstić information content (AvgIpc) is 2.28. The quantitative estimate of drug-likeness (QED) is 0.738. The molecular formula is C12H17ClFN3O. The number of nitrogens with two attached hydrogens (primary N) is 2. The lowest BCUT2D eigenvalue weighted by atomic mass is 9.89. The van der Waals surface area contributed by atoms with Crippen LogP contribution in [0.2, 0.25) is 5.02 Å². The van der Waals surface area contributed by atoms with Gasteiger partial charge in [-0.2, -0.15) is 0 Å². The molecule has 6 heteroatoms. The van der Waals surface area contributed by atoms with Crippen LogP contribution in [-0.4, -0.2) is 18.8 Å². The minimum atomic E-state index is -0.589. The molecule has 100 valence electrons. The maximum Gasteiger partial charge on any atom is 0.169 e. The van der Waals surface area contributed by atoms with Crippen molar-refractivity contribution in [2.45, 2.75) is 31.9 Å². The summed E-state index contributed by atoms with van der Waals surface area (Å²) >= 11 is 5.76. The van der Waals surface area contributed by atoms with Gasteiger partial charge in [0.25, 0.3) is 0 Å². The highest BCUT2D eigenvalue weighted by molar-refractivity contribution is 6.33. The largest absolute Gasteiger partial charge is 0.397 e. The van der Waals surface area contributed by atoms with Crippen LogP contribution in [0.4, 0.5) is 21.5 Å². The Morgan fingerprint density at radius 2 is 2.11 bits per heavy atom. The van der Waals surface area contributed by atoms with E-state index in [9.17, 15) is 4.39 Å². The molecule has 0 amide bonds. The van der Waals surface area contributed by atoms with Crippen LogP contribution in [0.1, 0.15) is 19.8 Å². The summed E-state index contributed by atoms with van der Waals surface area (Å²) in [7, 11) is 0. The van der Waals surface area contributed by atoms with Gasteiger partial charge in [0.2, 0.25) is 0 Å². The van der Waals surface area contributed by atoms with Crippen molar-refractivity contribution in [3.8, 4) is 0 Å². The predicted molar refractivity (Wildman–Crippen MR) is 72.3 cm³/mol. The van der Waals surface area contributed by atoms with Gasteiger partial charge in [0.1, 0.15) is 5.02 Å². The second kappa shape index (κ2) is 5.20. The number of nitrogens with one attached hydrogen (secondary N) is 1. The fourth-order valence-corrected chi connectivity index (χ4v) is 2.22. The molecule has 0 bridgehead atoms. The van der Waals surface area contributed by atoms with Crippen molar-refractivity contribution in [1.82, 2.24) is 0 Å². The van der Waals surface area contributed by atoms with E-state index in [4.69, 9.17) is 27.8 Å². The molecule has 0 aliphatic heterocycles. The first-order valence-corrected chi connectivity index (χ1v) is 6.31. The molecule has 5 N–H and O–H groups in total. The molecule has 1 fully saturated rings. The molecule has 18 heavy (non-hydrogen) atoms. The Morgan fingerprint density at radius 3 is 2.72 bits per heavy atom. The zero-order chi connectivity index (χ0) is 13.3. The Bertz CT molecular complexity index is 449. The number of halogens is 2. The molecule has 0 aromatic heterocycles. The Kier molecular flexibility index (Phi) is 3.82. The van der Waals surface area contributed by atoms with E-state index >= 15 is 0 Å². The van der Waals surface area contributed by atoms with E-state index in [1.54, 1.807) is 0 Å². The number of anilines is 3. The van der Waals surface area contributed by atoms with Gasteiger partial charge in [-0.05, 0) is 25.8 Å². The van der Waals surface area contributed by atoms with Crippen molar-refractivity contribution >= 4 is 28.7 Å². The first kappa shape index (κ1) is 13.2. The van der Waals surface area contributed by atoms with Crippen molar-refractivity contribution in [1.29, 1.82) is 0 Å². The van der Waals surface area contributed by atoms with Crippen molar-refractivity contribution < 1.29 is 9.13 Å². The zero-order valence-electron chi connectivity index (χ0n) is 10.2. The SMILES string of the molecule is CCOC1CC(Nc2c(N)cc(N)c(Cl)c2F)C1. The van der Waals surface area contributed by atoms with Gasteiger partial charge in [-0.1, -0.05) is 11.6 Å². The predicted octanol–water partition coefficient (Wildman–Crippen LogP) is 2.62. The number of ether oxygens (including phenoxy) is 1. The van der Waals surface area contributed by atoms with Crippen LogP contribution < -0.4 is 16.8 Å². The first-order valence-electron chi connectivity index (χ1n) is 5.94. The molecule has 0 unspecified atom stereocenters. The fraction of sp³-hybridized carbons (Fsp3) is 0.500. The zero-order valence-corrected chi connectivity index (χ0v) is 10.9. The minimum Gasteiger partial charge on any atom is -0.397 e. The van der Waals surface area contributed by atoms with E-state index in [1.807, 2.05) is 6.92 Å². The Balaban J connectivity index is 2.05. The monoisotopic (exact) mass is 273 g/mol. The van der Waals surface area contributed by atoms with Gasteiger partial charge >= 0.3 is 0 Å². The normalized spacial score (nSPS) is 22.6. The Morgan fingerprint density at radius 1 is 1.44 bits per heavy atom. The lowest BCUT2D eigenvalue weighted by Gasteiger charge is -2.36. The molecular weight excluding hydrogens is 257 g/mol. The van der Waals surface area contributed by atoms with Gasteiger partial charge in [-0.25, -0.2) is 4.39 Å². The number of hydrogen-bond donors (Lipinski definition) is 3. The highest BCUT2D eigenvalue weighted by Crippen LogP contribution is 2.36. The van der Waals surface area contributed by atoms with Crippen LogP contribution in [-0.2, 0) is 4.74 Å². The van der Waals surface area contributed by atoms with Crippen molar-refractivity contribution in [2.24, 2.45) is 0 Å². The molecule has 1 aliphatic rings. The van der Waals surface area contributed by atoms with Crippen molar-refractivity contribution in [2.75, 3.05) is 23.4 Å². The third-order valence-corrected chi connectivity index (χ3v) is 3.50. The smallest absolute Gasteiger partial charge is 0.169 e. The maximum absolute atomic E-state index is 13.9. The van der Waals surface area contributed by atoms with Gasteiger partial charge in [-0.15, -0.1) is 0 Å². The lowest BCUT2D eigenvalue weighted by Crippen LogP contribution is -2.41. The number of benzene rings is 1. The van der Waals surface area contributed by atoms with E-state index in [2.05, 4.69) is 5.32 Å². The van der Waals surface area contributed by atoms with Crippen molar-refractivity contribution in [3.05, 3.63) is 16.9 Å². The van der Waals surface area contributed by atoms with Gasteiger partial charge in [0.05, 0.1) is 23.2 Å². The second-order valence-electron chi connectivity index (χ2n) is 4.45. The summed E-state index contributed by atoms with van der Waals surface area (Å²) in [6.07, 6.45) is 1.93. The molecule has 0 spiro atoms. The molecule has 1 aromatic carbocycles. The molecule has 0 saturated heterocycles. The van der Waals surface area contributed by atoms with E-state index in [0.29, 0.717) is 6.61 Å². The van der Waals surface area contributed by atoms with Crippen LogP contribution in [0.15, 0.2) is 6.07 Å². The third-order valence-electron chi connectivity index (χ3n) is 3.11. The topological polar surface area (TPSA) is 73.3 Å². The summed E-state index contributed by atoms with van der Waals surface area (Å²) in [5.41, 5.74) is 11.9. The van der Waals surface area contributed by atoms with Gasteiger partial charge in [-0.3, -0.25) is 0 Å². The summed E-state index contributed by atoms with van der Waals surface area (Å²) < 4.78 is 19.3. The lowest BCUT2D eigenvalue weighted by molar-refractivity contribution is 0.00294. The van der Waals surface area contributed by atoms with E-state index in [1.165, 1.54) is 6.07 Å². The maximum atomic E-state index is 13.9. The van der Waals surface area contributed by atoms with E-state index in [0.717, 1.165) is 12.8 Å². The van der Waals surface area contributed by atoms with Crippen LogP contribution in [0.5, 0.6) is 0 Å². The van der Waals surface area contributed by atoms with E-state index in [-0.39, 0.29) is 34.2 Å². The van der Waals surface area contributed by atoms with Crippen molar-refractivity contribution in [3.63, 3.8) is 0 Å². The third kappa shape index (κ3) is 2.47. The molecule has 0 atom stereocenters. The highest BCUT2D eigenvalue weighted by Gasteiger charge is 2.30. The standard InChI is InChI=1S/C12H17ClFN3O/c1-2-18-7-3-6(4-7)17-12-9(16)5-8(15)10(13)11(12)14/h5-7,17H,2-4,15-16H2,1H3. The highest BCUT2D eigenvalue weighted by atomic mass is 35.5. The number of hydrogen-bond acceptors (Lipinski definition) is 4. The van der Waals surface area contributed by atoms with Gasteiger partial charge < -0.3 is 21.5 Å². The average molecular weight is 274 g/mol. The molecule has 4 nitrogen and oxygen atoms in total. The second-order valence-corrected chi connectivity index (χ2v) is 4.83. The number of rotatable bonds is 4. The minimum absolute atomic E-state index is 0.0904. The molecule has 1 aliphatic carbocycles. The first-order chi connectivity index (χ1) is 8.52. The van der Waals surface area contributed by atoms with Crippen LogP contribution >= 0.6 is 11.6 Å². The molecule has 0 radical (unpaired) electrons. The van der Waals surface area contributed by atoms with Crippen LogP contribution in [0, 0.1) is 5.82 Å². The van der Waals surface area contributed by atoms with Gasteiger partial charge in [0.15, 0.2) is 5.82 Å². The van der Waals surface area contributed by atoms with Crippen LogP contribution in [0.25, 0.3) is 0 Å². The molecule has 1 aromatic rings. The van der Waals surface area contributed by atoms with Crippen LogP contribution in [0.3, 0.4) is 0 Å². The molecule has 1 saturated carbocycles. The summed E-state index contributed by atoms with van der Waals surface area (Å²) in [5, 5.41) is 2.96. The summed E-state index contributed by atoms with van der Waals surface area (Å²) in [6, 6.07) is 1.63. The molecule has 2 rings (SSSR count). The Labute approximate surface area is 110 Å². The van der Waals surface area contributed by atoms with E-state index < -0.39 is 5.82 Å². The summed E-state index contributed by atoms with van der Waals surface area (Å²) in [4.78, 5) is 0. The summed E-state index contributed by atoms with van der Waals surface area (Å²) in [6.45, 7) is 2.65. The van der Waals surface area contributed by atoms with Gasteiger partial charge in [0, 0.05) is 12.6 Å². The molecule has 0 heterocycles. The summed E-state index contributed by atoms with van der Waals surface area (Å²) in [5.74, 6) is -0.589. The fourth-order valence-electron chi connectivity index (χ4n) is 2.07. The Hall–Kier alpha value is -1.20.